The van der Waals surface area contributed by atoms with E-state index >= 15 is 0 Å². The predicted octanol–water partition coefficient (Wildman–Crippen LogP) is 4.74. The van der Waals surface area contributed by atoms with Gasteiger partial charge < -0.3 is 5.32 Å². The molecular formula is C20H25N. The van der Waals surface area contributed by atoms with Gasteiger partial charge in [-0.2, -0.15) is 0 Å². The van der Waals surface area contributed by atoms with E-state index < -0.39 is 0 Å². The summed E-state index contributed by atoms with van der Waals surface area (Å²) in [7, 11) is 0. The molecule has 0 heterocycles. The summed E-state index contributed by atoms with van der Waals surface area (Å²) in [5, 5.41) is 3.88. The van der Waals surface area contributed by atoms with Gasteiger partial charge in [0, 0.05) is 18.0 Å². The molecule has 1 N–H and O–H groups in total. The Morgan fingerprint density at radius 3 is 1.76 bits per heavy atom. The van der Waals surface area contributed by atoms with E-state index in [1.807, 2.05) is 0 Å². The van der Waals surface area contributed by atoms with E-state index in [9.17, 15) is 0 Å². The van der Waals surface area contributed by atoms with Crippen LogP contribution in [0.25, 0.3) is 0 Å². The maximum absolute atomic E-state index is 3.88. The molecule has 0 aliphatic heterocycles. The Morgan fingerprint density at radius 1 is 0.810 bits per heavy atom. The molecule has 1 nitrogen and oxygen atoms in total. The van der Waals surface area contributed by atoms with Gasteiger partial charge in [0.25, 0.3) is 0 Å². The number of hydrogen-bond acceptors (Lipinski definition) is 1. The van der Waals surface area contributed by atoms with E-state index in [4.69, 9.17) is 0 Å². The Hall–Kier alpha value is -1.60. The Bertz CT molecular complexity index is 489. The van der Waals surface area contributed by atoms with Gasteiger partial charge in [-0.25, -0.2) is 0 Å². The molecule has 1 heteroatoms. The highest BCUT2D eigenvalue weighted by Crippen LogP contribution is 2.29. The van der Waals surface area contributed by atoms with Crippen molar-refractivity contribution in [3.8, 4) is 0 Å². The first-order valence-corrected chi connectivity index (χ1v) is 8.20. The van der Waals surface area contributed by atoms with Crippen LogP contribution in [0.1, 0.15) is 49.7 Å². The molecule has 0 aromatic heterocycles. The van der Waals surface area contributed by atoms with Crippen LogP contribution in [-0.4, -0.2) is 12.1 Å². The fourth-order valence-corrected chi connectivity index (χ4v) is 3.65. The summed E-state index contributed by atoms with van der Waals surface area (Å²) >= 11 is 0. The van der Waals surface area contributed by atoms with Gasteiger partial charge in [-0.3, -0.25) is 0 Å². The summed E-state index contributed by atoms with van der Waals surface area (Å²) in [6.07, 6.45) is 5.43. The van der Waals surface area contributed by atoms with E-state index in [1.54, 1.807) is 0 Å². The first-order valence-electron chi connectivity index (χ1n) is 8.20. The Kier molecular flexibility index (Phi) is 4.72. The lowest BCUT2D eigenvalue weighted by molar-refractivity contribution is 0.422. The molecule has 2 aromatic carbocycles. The van der Waals surface area contributed by atoms with Gasteiger partial charge >= 0.3 is 0 Å². The maximum Gasteiger partial charge on any atom is 0.0240 e. The van der Waals surface area contributed by atoms with Crippen LogP contribution in [0.5, 0.6) is 0 Å². The van der Waals surface area contributed by atoms with E-state index in [-0.39, 0.29) is 0 Å². The van der Waals surface area contributed by atoms with Crippen LogP contribution in [0.15, 0.2) is 60.7 Å². The molecule has 0 amide bonds. The zero-order valence-electron chi connectivity index (χ0n) is 12.8. The molecule has 1 saturated carbocycles. The molecule has 21 heavy (non-hydrogen) atoms. The molecule has 1 atom stereocenters. The van der Waals surface area contributed by atoms with Crippen molar-refractivity contribution >= 4 is 0 Å². The smallest absolute Gasteiger partial charge is 0.0240 e. The Balaban J connectivity index is 1.85. The Morgan fingerprint density at radius 2 is 1.29 bits per heavy atom. The average Bonchev–Trinajstić information content (AvgIpc) is 3.02. The molecule has 1 aliphatic carbocycles. The maximum atomic E-state index is 3.88. The summed E-state index contributed by atoms with van der Waals surface area (Å²) in [6.45, 7) is 2.34. The van der Waals surface area contributed by atoms with Crippen LogP contribution in [0, 0.1) is 0 Å². The van der Waals surface area contributed by atoms with Crippen molar-refractivity contribution in [2.45, 2.75) is 50.6 Å². The second kappa shape index (κ2) is 6.91. The van der Waals surface area contributed by atoms with Gasteiger partial charge in [0.1, 0.15) is 0 Å². The largest absolute Gasteiger partial charge is 0.311 e. The number of hydrogen-bond donors (Lipinski definition) is 1. The fourth-order valence-electron chi connectivity index (χ4n) is 3.65. The molecule has 1 unspecified atom stereocenters. The number of rotatable bonds is 5. The lowest BCUT2D eigenvalue weighted by Crippen LogP contribution is -2.39. The molecule has 2 aromatic rings. The van der Waals surface area contributed by atoms with Gasteiger partial charge in [0.05, 0.1) is 0 Å². The topological polar surface area (TPSA) is 12.0 Å². The van der Waals surface area contributed by atoms with Gasteiger partial charge in [-0.05, 0) is 30.9 Å². The minimum atomic E-state index is 0.424. The summed E-state index contributed by atoms with van der Waals surface area (Å²) in [6, 6.07) is 23.0. The van der Waals surface area contributed by atoms with E-state index in [2.05, 4.69) is 72.9 Å². The second-order valence-electron chi connectivity index (χ2n) is 6.24. The third kappa shape index (κ3) is 3.54. The van der Waals surface area contributed by atoms with Gasteiger partial charge in [0.2, 0.25) is 0 Å². The fraction of sp³-hybridized carbons (Fsp3) is 0.400. The predicted molar refractivity (Wildman–Crippen MR) is 89.6 cm³/mol. The highest BCUT2D eigenvalue weighted by molar-refractivity contribution is 5.34. The molecule has 0 spiro atoms. The highest BCUT2D eigenvalue weighted by Gasteiger charge is 2.24. The quantitative estimate of drug-likeness (QED) is 0.833. The van der Waals surface area contributed by atoms with Gasteiger partial charge in [-0.1, -0.05) is 73.5 Å². The van der Waals surface area contributed by atoms with Crippen LogP contribution in [0.2, 0.25) is 0 Å². The minimum Gasteiger partial charge on any atom is -0.311 e. The van der Waals surface area contributed by atoms with E-state index in [1.165, 1.54) is 36.8 Å². The first kappa shape index (κ1) is 14.3. The van der Waals surface area contributed by atoms with Crippen molar-refractivity contribution in [2.75, 3.05) is 0 Å². The summed E-state index contributed by atoms with van der Waals surface area (Å²) in [4.78, 5) is 0. The monoisotopic (exact) mass is 279 g/mol. The number of benzene rings is 2. The average molecular weight is 279 g/mol. The summed E-state index contributed by atoms with van der Waals surface area (Å²) in [5.41, 5.74) is 2.81. The SMILES string of the molecule is CC(NC1CCCC1)C(c1ccccc1)c1ccccc1. The van der Waals surface area contributed by atoms with Crippen molar-refractivity contribution in [1.29, 1.82) is 0 Å². The van der Waals surface area contributed by atoms with Crippen molar-refractivity contribution in [2.24, 2.45) is 0 Å². The van der Waals surface area contributed by atoms with Crippen molar-refractivity contribution < 1.29 is 0 Å². The van der Waals surface area contributed by atoms with E-state index in [0.717, 1.165) is 0 Å². The van der Waals surface area contributed by atoms with Crippen LogP contribution in [-0.2, 0) is 0 Å². The van der Waals surface area contributed by atoms with E-state index in [0.29, 0.717) is 18.0 Å². The first-order chi connectivity index (χ1) is 10.3. The lowest BCUT2D eigenvalue weighted by Gasteiger charge is -2.29. The molecule has 0 bridgehead atoms. The molecule has 0 radical (unpaired) electrons. The van der Waals surface area contributed by atoms with Crippen LogP contribution >= 0.6 is 0 Å². The molecule has 1 aliphatic rings. The molecule has 3 rings (SSSR count). The normalized spacial score (nSPS) is 17.2. The van der Waals surface area contributed by atoms with Crippen molar-refractivity contribution in [1.82, 2.24) is 5.32 Å². The van der Waals surface area contributed by atoms with Gasteiger partial charge in [0.15, 0.2) is 0 Å². The molecule has 1 fully saturated rings. The Labute approximate surface area is 128 Å². The standard InChI is InChI=1S/C20H25N/c1-16(21-19-14-8-9-15-19)20(17-10-4-2-5-11-17)18-12-6-3-7-13-18/h2-7,10-13,16,19-21H,8-9,14-15H2,1H3. The molecule has 0 saturated heterocycles. The molecular weight excluding hydrogens is 254 g/mol. The zero-order chi connectivity index (χ0) is 14.5. The molecule has 110 valence electrons. The summed E-state index contributed by atoms with van der Waals surface area (Å²) in [5.74, 6) is 0.424. The van der Waals surface area contributed by atoms with Crippen LogP contribution in [0.3, 0.4) is 0 Å². The lowest BCUT2D eigenvalue weighted by atomic mass is 9.85. The van der Waals surface area contributed by atoms with Crippen molar-refractivity contribution in [3.05, 3.63) is 71.8 Å². The van der Waals surface area contributed by atoms with Crippen LogP contribution < -0.4 is 5.32 Å². The summed E-state index contributed by atoms with van der Waals surface area (Å²) < 4.78 is 0. The second-order valence-corrected chi connectivity index (χ2v) is 6.24. The third-order valence-electron chi connectivity index (χ3n) is 4.67. The zero-order valence-corrected chi connectivity index (χ0v) is 12.8. The third-order valence-corrected chi connectivity index (χ3v) is 4.67. The van der Waals surface area contributed by atoms with Crippen molar-refractivity contribution in [3.63, 3.8) is 0 Å². The highest BCUT2D eigenvalue weighted by atomic mass is 15.0. The number of nitrogens with one attached hydrogen (secondary N) is 1. The minimum absolute atomic E-state index is 0.424. The van der Waals surface area contributed by atoms with Gasteiger partial charge in [-0.15, -0.1) is 0 Å². The van der Waals surface area contributed by atoms with Crippen LogP contribution in [0.4, 0.5) is 0 Å².